The summed E-state index contributed by atoms with van der Waals surface area (Å²) in [6.45, 7) is 3.47. The summed E-state index contributed by atoms with van der Waals surface area (Å²) in [5.74, 6) is 0. The van der Waals surface area contributed by atoms with Crippen molar-refractivity contribution in [1.29, 1.82) is 0 Å². The van der Waals surface area contributed by atoms with Crippen LogP contribution in [0.2, 0.25) is 12.1 Å². The molecule has 1 rings (SSSR count). The van der Waals surface area contributed by atoms with Crippen molar-refractivity contribution in [2.24, 2.45) is 0 Å². The molecule has 1 atom stereocenters. The molecule has 0 radical (unpaired) electrons. The number of hydrogen-bond acceptors (Lipinski definition) is 1. The molecule has 102 valence electrons. The fraction of sp³-hybridized carbons (Fsp3) is 1.00. The van der Waals surface area contributed by atoms with Crippen molar-refractivity contribution in [3.05, 3.63) is 0 Å². The fourth-order valence-electron chi connectivity index (χ4n) is 2.78. The van der Waals surface area contributed by atoms with E-state index in [1.807, 2.05) is 0 Å². The van der Waals surface area contributed by atoms with Gasteiger partial charge in [0.05, 0.1) is 0 Å². The maximum atomic E-state index is 5.63. The summed E-state index contributed by atoms with van der Waals surface area (Å²) in [6, 6.07) is 3.24. The zero-order valence-electron chi connectivity index (χ0n) is 11.9. The summed E-state index contributed by atoms with van der Waals surface area (Å²) in [5.41, 5.74) is 0. The Hall–Kier alpha value is 0.611. The van der Waals surface area contributed by atoms with Gasteiger partial charge in [0.1, 0.15) is 9.28 Å². The lowest BCUT2D eigenvalue weighted by atomic mass is 10.1. The molecule has 0 spiro atoms. The number of unbranched alkanes of at least 4 members (excludes halogenated alkanes) is 8. The molecule has 0 aromatic heterocycles. The van der Waals surface area contributed by atoms with Crippen LogP contribution in [-0.4, -0.2) is 32.8 Å². The van der Waals surface area contributed by atoms with Crippen molar-refractivity contribution in [2.45, 2.75) is 76.8 Å². The molecule has 0 aromatic carbocycles. The van der Waals surface area contributed by atoms with Gasteiger partial charge in [-0.3, -0.25) is 0 Å². The Kier molecular flexibility index (Phi) is 10.8. The van der Waals surface area contributed by atoms with Crippen LogP contribution < -0.4 is 0 Å². The smallest absolute Gasteiger partial charge is 0.140 e. The van der Waals surface area contributed by atoms with E-state index in [1.54, 1.807) is 18.5 Å². The molecule has 1 unspecified atom stereocenters. The Morgan fingerprint density at radius 3 is 2.18 bits per heavy atom. The van der Waals surface area contributed by atoms with Crippen molar-refractivity contribution in [3.8, 4) is 0 Å². The highest BCUT2D eigenvalue weighted by Gasteiger charge is 2.15. The summed E-state index contributed by atoms with van der Waals surface area (Å²) in [6.07, 6.45) is 13.4. The van der Waals surface area contributed by atoms with E-state index < -0.39 is 0 Å². The van der Waals surface area contributed by atoms with Gasteiger partial charge in [0.2, 0.25) is 0 Å². The van der Waals surface area contributed by atoms with E-state index in [0.717, 1.165) is 0 Å². The highest BCUT2D eigenvalue weighted by atomic mass is 29.5. The molecule has 0 bridgehead atoms. The van der Waals surface area contributed by atoms with Gasteiger partial charge in [-0.15, -0.1) is 0 Å². The first-order chi connectivity index (χ1) is 8.43. The van der Waals surface area contributed by atoms with Crippen LogP contribution in [0.1, 0.15) is 64.7 Å². The molecule has 4 heteroatoms. The molecular formula is C13H32OSi3. The topological polar surface area (TPSA) is 9.23 Å². The minimum atomic E-state index is -0.125. The molecule has 1 aliphatic rings. The largest absolute Gasteiger partial charge is 0.428 e. The second-order valence-corrected chi connectivity index (χ2v) is 21.6. The van der Waals surface area contributed by atoms with Gasteiger partial charge in [-0.1, -0.05) is 70.8 Å². The zero-order chi connectivity index (χ0) is 12.2. The Balaban J connectivity index is 1.75. The molecule has 0 N–H and O–H groups in total. The molecule has 0 saturated carbocycles. The predicted octanol–water partition coefficient (Wildman–Crippen LogP) is 2.44. The Morgan fingerprint density at radius 1 is 0.941 bits per heavy atom. The Morgan fingerprint density at radius 2 is 1.59 bits per heavy atom. The fourth-order valence-corrected chi connectivity index (χ4v) is 21.1. The van der Waals surface area contributed by atoms with Crippen LogP contribution in [0.3, 0.4) is 0 Å². The monoisotopic (exact) mass is 288 g/mol. The average molecular weight is 289 g/mol. The zero-order valence-corrected chi connectivity index (χ0v) is 15.9. The standard InChI is InChI=1S/C13H32OSi3/c1-2-3-4-5-6-7-8-9-10-12-17-13-11-14-15-16-17/h17H,2-13,15-16H2,1H3. The molecule has 1 aliphatic heterocycles. The second kappa shape index (κ2) is 11.7. The molecule has 17 heavy (non-hydrogen) atoms. The summed E-state index contributed by atoms with van der Waals surface area (Å²) < 4.78 is 5.63. The van der Waals surface area contributed by atoms with Crippen molar-refractivity contribution in [3.63, 3.8) is 0 Å². The SMILES string of the molecule is CCCCCCCCCCC[SiH]1CCO[SiH2][SiH2]1. The normalized spacial score (nSPS) is 23.5. The van der Waals surface area contributed by atoms with E-state index in [-0.39, 0.29) is 17.6 Å². The average Bonchev–Trinajstić information content (AvgIpc) is 2.38. The van der Waals surface area contributed by atoms with Crippen molar-refractivity contribution in [1.82, 2.24) is 0 Å². The lowest BCUT2D eigenvalue weighted by molar-refractivity contribution is 0.366. The molecule has 0 amide bonds. The molecular weight excluding hydrogens is 256 g/mol. The quantitative estimate of drug-likeness (QED) is 0.443. The first-order valence-corrected chi connectivity index (χ1v) is 17.5. The van der Waals surface area contributed by atoms with Gasteiger partial charge >= 0.3 is 0 Å². The van der Waals surface area contributed by atoms with Crippen LogP contribution in [0.4, 0.5) is 0 Å². The lowest BCUT2D eigenvalue weighted by Crippen LogP contribution is -2.35. The maximum Gasteiger partial charge on any atom is 0.140 e. The molecule has 0 aromatic rings. The van der Waals surface area contributed by atoms with Crippen molar-refractivity contribution >= 4 is 26.1 Å². The van der Waals surface area contributed by atoms with Gasteiger partial charge in [-0.25, -0.2) is 0 Å². The van der Waals surface area contributed by atoms with Gasteiger partial charge in [0.15, 0.2) is 0 Å². The summed E-state index contributed by atoms with van der Waals surface area (Å²) in [7, 11) is 0.405. The summed E-state index contributed by atoms with van der Waals surface area (Å²) in [5, 5.41) is 0. The van der Waals surface area contributed by atoms with E-state index in [9.17, 15) is 0 Å². The van der Waals surface area contributed by atoms with Crippen LogP contribution in [0.5, 0.6) is 0 Å². The third kappa shape index (κ3) is 9.22. The van der Waals surface area contributed by atoms with Gasteiger partial charge in [-0.05, 0) is 6.04 Å². The van der Waals surface area contributed by atoms with Gasteiger partial charge < -0.3 is 4.43 Å². The van der Waals surface area contributed by atoms with Gasteiger partial charge in [0.25, 0.3) is 0 Å². The number of hydrogen-bond donors (Lipinski definition) is 0. The molecule has 0 aliphatic carbocycles. The third-order valence-electron chi connectivity index (χ3n) is 4.06. The Bertz CT molecular complexity index is 161. The first kappa shape index (κ1) is 15.7. The van der Waals surface area contributed by atoms with Crippen molar-refractivity contribution in [2.75, 3.05) is 6.61 Å². The van der Waals surface area contributed by atoms with Crippen LogP contribution in [-0.2, 0) is 4.43 Å². The van der Waals surface area contributed by atoms with Crippen LogP contribution in [0.25, 0.3) is 0 Å². The lowest BCUT2D eigenvalue weighted by Gasteiger charge is -2.19. The molecule has 1 fully saturated rings. The van der Waals surface area contributed by atoms with Gasteiger partial charge in [-0.2, -0.15) is 0 Å². The van der Waals surface area contributed by atoms with Gasteiger partial charge in [0, 0.05) is 23.5 Å². The minimum absolute atomic E-state index is 0.106. The van der Waals surface area contributed by atoms with E-state index in [4.69, 9.17) is 4.43 Å². The van der Waals surface area contributed by atoms with Crippen LogP contribution in [0, 0.1) is 0 Å². The summed E-state index contributed by atoms with van der Waals surface area (Å²) >= 11 is 0. The first-order valence-electron chi connectivity index (χ1n) is 8.01. The second-order valence-electron chi connectivity index (χ2n) is 5.67. The Labute approximate surface area is 114 Å². The van der Waals surface area contributed by atoms with E-state index in [1.165, 1.54) is 58.0 Å². The van der Waals surface area contributed by atoms with E-state index in [2.05, 4.69) is 6.92 Å². The highest BCUT2D eigenvalue weighted by Crippen LogP contribution is 2.13. The molecule has 1 saturated heterocycles. The minimum Gasteiger partial charge on any atom is -0.428 e. The van der Waals surface area contributed by atoms with Crippen molar-refractivity contribution < 1.29 is 4.43 Å². The number of rotatable bonds is 10. The van der Waals surface area contributed by atoms with Crippen LogP contribution >= 0.6 is 0 Å². The summed E-state index contributed by atoms with van der Waals surface area (Å²) in [4.78, 5) is 0. The molecule has 1 heterocycles. The predicted molar refractivity (Wildman–Crippen MR) is 87.0 cm³/mol. The highest BCUT2D eigenvalue weighted by molar-refractivity contribution is 7.35. The van der Waals surface area contributed by atoms with E-state index >= 15 is 0 Å². The molecule has 1 nitrogen and oxygen atoms in total. The third-order valence-corrected chi connectivity index (χ3v) is 23.9. The van der Waals surface area contributed by atoms with E-state index in [0.29, 0.717) is 8.55 Å². The van der Waals surface area contributed by atoms with Crippen LogP contribution in [0.15, 0.2) is 0 Å². The maximum absolute atomic E-state index is 5.63.